The largest absolute Gasteiger partial charge is 0.218 e. The van der Waals surface area contributed by atoms with Gasteiger partial charge in [-0.05, 0) is 37.8 Å². The van der Waals surface area contributed by atoms with Crippen molar-refractivity contribution in [1.29, 1.82) is 0 Å². The van der Waals surface area contributed by atoms with Crippen LogP contribution in [0.15, 0.2) is 51.6 Å². The van der Waals surface area contributed by atoms with Crippen molar-refractivity contribution in [2.75, 3.05) is 6.26 Å². The highest BCUT2D eigenvalue weighted by Crippen LogP contribution is 2.27. The number of rotatable bonds is 6. The van der Waals surface area contributed by atoms with Crippen LogP contribution in [0, 0.1) is 6.92 Å². The first-order valence-corrected chi connectivity index (χ1v) is 8.95. The van der Waals surface area contributed by atoms with Crippen LogP contribution in [0.4, 0.5) is 0 Å². The van der Waals surface area contributed by atoms with E-state index in [2.05, 4.69) is 6.92 Å². The molecule has 0 aliphatic heterocycles. The molecule has 4 heteroatoms. The zero-order valence-electron chi connectivity index (χ0n) is 11.6. The summed E-state index contributed by atoms with van der Waals surface area (Å²) in [4.78, 5) is 0.350. The van der Waals surface area contributed by atoms with Gasteiger partial charge >= 0.3 is 0 Å². The average molecular weight is 296 g/mol. The lowest BCUT2D eigenvalue weighted by molar-refractivity contribution is 0.604. The molecule has 0 saturated heterocycles. The highest BCUT2D eigenvalue weighted by atomic mass is 32.3. The molecule has 1 aromatic carbocycles. The Morgan fingerprint density at radius 1 is 1.26 bits per heavy atom. The fraction of sp³-hybridized carbons (Fsp3) is 0.333. The summed E-state index contributed by atoms with van der Waals surface area (Å²) >= 11 is 1.26. The number of hydrogen-bond donors (Lipinski definition) is 0. The molecule has 0 radical (unpaired) electrons. The number of allylic oxidation sites excluding steroid dienone is 3. The van der Waals surface area contributed by atoms with Gasteiger partial charge in [-0.25, -0.2) is 8.42 Å². The van der Waals surface area contributed by atoms with Gasteiger partial charge in [0.05, 0.1) is 4.90 Å². The summed E-state index contributed by atoms with van der Waals surface area (Å²) in [7, 11) is -3.38. The SMILES string of the molecule is CCCC=CC=C(SC)S(=O)(=O)c1ccc(C)cc1. The minimum Gasteiger partial charge on any atom is -0.218 e. The van der Waals surface area contributed by atoms with Gasteiger partial charge in [0.25, 0.3) is 0 Å². The van der Waals surface area contributed by atoms with Gasteiger partial charge in [-0.2, -0.15) is 0 Å². The summed E-state index contributed by atoms with van der Waals surface area (Å²) in [6, 6.07) is 6.95. The third-order valence-corrected chi connectivity index (χ3v) is 5.88. The van der Waals surface area contributed by atoms with Crippen molar-refractivity contribution < 1.29 is 8.42 Å². The molecule has 0 bridgehead atoms. The first-order valence-electron chi connectivity index (χ1n) is 6.25. The molecule has 0 saturated carbocycles. The van der Waals surface area contributed by atoms with Gasteiger partial charge < -0.3 is 0 Å². The predicted octanol–water partition coefficient (Wildman–Crippen LogP) is 4.33. The minimum absolute atomic E-state index is 0.350. The van der Waals surface area contributed by atoms with E-state index in [1.54, 1.807) is 24.5 Å². The number of thioether (sulfide) groups is 1. The topological polar surface area (TPSA) is 34.1 Å². The van der Waals surface area contributed by atoms with Crippen LogP contribution in [0.3, 0.4) is 0 Å². The lowest BCUT2D eigenvalue weighted by Gasteiger charge is -2.06. The van der Waals surface area contributed by atoms with E-state index in [1.807, 2.05) is 31.2 Å². The normalized spacial score (nSPS) is 13.1. The van der Waals surface area contributed by atoms with Crippen molar-refractivity contribution in [2.24, 2.45) is 0 Å². The molecule has 1 aromatic rings. The van der Waals surface area contributed by atoms with E-state index in [-0.39, 0.29) is 0 Å². The van der Waals surface area contributed by atoms with E-state index in [4.69, 9.17) is 0 Å². The number of aryl methyl sites for hydroxylation is 1. The first kappa shape index (κ1) is 16.1. The molecular weight excluding hydrogens is 276 g/mol. The summed E-state index contributed by atoms with van der Waals surface area (Å²) in [6.07, 6.45) is 9.29. The van der Waals surface area contributed by atoms with Gasteiger partial charge in [0.1, 0.15) is 4.24 Å². The Bertz CT molecular complexity index is 552. The summed E-state index contributed by atoms with van der Waals surface area (Å²) in [5.74, 6) is 0. The molecule has 0 amide bonds. The van der Waals surface area contributed by atoms with Crippen LogP contribution >= 0.6 is 11.8 Å². The Morgan fingerprint density at radius 3 is 2.42 bits per heavy atom. The van der Waals surface area contributed by atoms with Gasteiger partial charge in [0.2, 0.25) is 9.84 Å². The predicted molar refractivity (Wildman–Crippen MR) is 84.0 cm³/mol. The zero-order chi connectivity index (χ0) is 14.3. The van der Waals surface area contributed by atoms with E-state index in [1.165, 1.54) is 11.8 Å². The molecule has 104 valence electrons. The molecule has 0 fully saturated rings. The summed E-state index contributed by atoms with van der Waals surface area (Å²) in [6.45, 7) is 4.03. The molecule has 0 atom stereocenters. The molecular formula is C15H20O2S2. The van der Waals surface area contributed by atoms with Crippen LogP contribution in [0.25, 0.3) is 0 Å². The molecule has 0 N–H and O–H groups in total. The molecule has 0 heterocycles. The van der Waals surface area contributed by atoms with E-state index >= 15 is 0 Å². The molecule has 19 heavy (non-hydrogen) atoms. The second kappa shape index (κ2) is 7.56. The minimum atomic E-state index is -3.38. The van der Waals surface area contributed by atoms with Crippen molar-refractivity contribution in [3.05, 3.63) is 52.3 Å². The number of sulfone groups is 1. The summed E-state index contributed by atoms with van der Waals surface area (Å²) in [5.41, 5.74) is 1.05. The Labute approximate surface area is 120 Å². The summed E-state index contributed by atoms with van der Waals surface area (Å²) in [5, 5.41) is 0. The van der Waals surface area contributed by atoms with Crippen LogP contribution in [0.2, 0.25) is 0 Å². The second-order valence-corrected chi connectivity index (χ2v) is 7.25. The highest BCUT2D eigenvalue weighted by molar-refractivity contribution is 8.18. The quantitative estimate of drug-likeness (QED) is 0.733. The highest BCUT2D eigenvalue weighted by Gasteiger charge is 2.19. The maximum Gasteiger partial charge on any atom is 0.212 e. The maximum atomic E-state index is 12.4. The Hall–Kier alpha value is -1.00. The number of unbranched alkanes of at least 4 members (excludes halogenated alkanes) is 1. The van der Waals surface area contributed by atoms with Crippen LogP contribution in [0.5, 0.6) is 0 Å². The summed E-state index contributed by atoms with van der Waals surface area (Å²) < 4.78 is 25.2. The van der Waals surface area contributed by atoms with Crippen LogP contribution in [-0.4, -0.2) is 14.7 Å². The monoisotopic (exact) mass is 296 g/mol. The first-order chi connectivity index (χ1) is 9.02. The number of benzene rings is 1. The second-order valence-electron chi connectivity index (χ2n) is 4.22. The molecule has 0 spiro atoms. The smallest absolute Gasteiger partial charge is 0.212 e. The molecule has 1 rings (SSSR count). The van der Waals surface area contributed by atoms with Gasteiger partial charge in [-0.1, -0.05) is 43.2 Å². The molecule has 0 aliphatic rings. The third kappa shape index (κ3) is 4.55. The third-order valence-electron chi connectivity index (χ3n) is 2.62. The van der Waals surface area contributed by atoms with E-state index in [0.717, 1.165) is 18.4 Å². The van der Waals surface area contributed by atoms with Gasteiger partial charge in [0.15, 0.2) is 0 Å². The molecule has 2 nitrogen and oxygen atoms in total. The van der Waals surface area contributed by atoms with Gasteiger partial charge in [0, 0.05) is 0 Å². The maximum absolute atomic E-state index is 12.4. The van der Waals surface area contributed by atoms with Gasteiger partial charge in [-0.3, -0.25) is 0 Å². The fourth-order valence-corrected chi connectivity index (χ4v) is 3.88. The van der Waals surface area contributed by atoms with Crippen LogP contribution in [0.1, 0.15) is 25.3 Å². The average Bonchev–Trinajstić information content (AvgIpc) is 2.39. The lowest BCUT2D eigenvalue weighted by Crippen LogP contribution is -2.02. The van der Waals surface area contributed by atoms with Gasteiger partial charge in [-0.15, -0.1) is 11.8 Å². The lowest BCUT2D eigenvalue weighted by atomic mass is 10.2. The number of hydrogen-bond acceptors (Lipinski definition) is 3. The van der Waals surface area contributed by atoms with Crippen molar-refractivity contribution in [3.8, 4) is 0 Å². The van der Waals surface area contributed by atoms with Crippen LogP contribution in [-0.2, 0) is 9.84 Å². The van der Waals surface area contributed by atoms with E-state index in [9.17, 15) is 8.42 Å². The van der Waals surface area contributed by atoms with Crippen molar-refractivity contribution in [2.45, 2.75) is 31.6 Å². The van der Waals surface area contributed by atoms with Crippen molar-refractivity contribution in [1.82, 2.24) is 0 Å². The Morgan fingerprint density at radius 2 is 1.89 bits per heavy atom. The standard InChI is InChI=1S/C15H20O2S2/c1-4-5-6-7-8-15(18-3)19(16,17)14-11-9-13(2)10-12-14/h6-12H,4-5H2,1-3H3. The Kier molecular flexibility index (Phi) is 6.38. The van der Waals surface area contributed by atoms with E-state index < -0.39 is 9.84 Å². The van der Waals surface area contributed by atoms with Crippen molar-refractivity contribution in [3.63, 3.8) is 0 Å². The van der Waals surface area contributed by atoms with Crippen LogP contribution < -0.4 is 0 Å². The zero-order valence-corrected chi connectivity index (χ0v) is 13.2. The Balaban J connectivity index is 3.05. The van der Waals surface area contributed by atoms with E-state index in [0.29, 0.717) is 9.13 Å². The van der Waals surface area contributed by atoms with Crippen molar-refractivity contribution >= 4 is 21.6 Å². The molecule has 0 unspecified atom stereocenters. The fourth-order valence-electron chi connectivity index (χ4n) is 1.51. The molecule has 0 aliphatic carbocycles. The molecule has 0 aromatic heterocycles.